The molecule has 3 aromatic heterocycles. The number of nitrogens with zero attached hydrogens (tertiary/aromatic N) is 3. The molecule has 9 heteroatoms. The van der Waals surface area contributed by atoms with Crippen LogP contribution in [0.5, 0.6) is 0 Å². The first-order valence-electron chi connectivity index (χ1n) is 10.6. The van der Waals surface area contributed by atoms with Gasteiger partial charge in [-0.1, -0.05) is 11.3 Å². The third-order valence-electron chi connectivity index (χ3n) is 6.95. The van der Waals surface area contributed by atoms with Crippen molar-refractivity contribution < 1.29 is 9.59 Å². The molecule has 1 aliphatic carbocycles. The number of aryl methyl sites for hydroxylation is 1. The Balaban J connectivity index is 1.24. The van der Waals surface area contributed by atoms with Gasteiger partial charge in [0.2, 0.25) is 0 Å². The van der Waals surface area contributed by atoms with Gasteiger partial charge < -0.3 is 10.2 Å². The molecule has 5 rings (SSSR count). The first kappa shape index (κ1) is 21.2. The fourth-order valence-electron chi connectivity index (χ4n) is 4.99. The number of imidazole rings is 1. The molecular formula is C22H25BrN4O2S2. The Labute approximate surface area is 197 Å². The highest BCUT2D eigenvalue weighted by Crippen LogP contribution is 2.38. The van der Waals surface area contributed by atoms with Crippen LogP contribution in [0.25, 0.3) is 4.96 Å². The van der Waals surface area contributed by atoms with Crippen molar-refractivity contribution in [3.63, 3.8) is 0 Å². The number of hydrogen-bond donors (Lipinski definition) is 1. The molecule has 2 aliphatic rings. The lowest BCUT2D eigenvalue weighted by molar-refractivity contribution is 0.0786. The minimum absolute atomic E-state index is 0.0308. The Morgan fingerprint density at radius 3 is 2.58 bits per heavy atom. The van der Waals surface area contributed by atoms with Gasteiger partial charge in [0.15, 0.2) is 4.96 Å². The Kier molecular flexibility index (Phi) is 5.46. The third-order valence-corrected chi connectivity index (χ3v) is 10.4. The predicted octanol–water partition coefficient (Wildman–Crippen LogP) is 4.82. The van der Waals surface area contributed by atoms with Gasteiger partial charge in [-0.15, -0.1) is 11.3 Å². The summed E-state index contributed by atoms with van der Waals surface area (Å²) in [4.78, 5) is 34.9. The van der Waals surface area contributed by atoms with Crippen LogP contribution in [0.3, 0.4) is 0 Å². The maximum Gasteiger partial charge on any atom is 0.265 e. The van der Waals surface area contributed by atoms with E-state index in [4.69, 9.17) is 0 Å². The molecule has 164 valence electrons. The molecule has 0 bridgehead atoms. The average Bonchev–Trinajstić information content (AvgIpc) is 3.49. The second-order valence-corrected chi connectivity index (χ2v) is 12.1. The van der Waals surface area contributed by atoms with E-state index in [0.717, 1.165) is 67.7 Å². The number of halogens is 1. The molecule has 0 radical (unpaired) electrons. The summed E-state index contributed by atoms with van der Waals surface area (Å²) in [7, 11) is 0. The highest BCUT2D eigenvalue weighted by Gasteiger charge is 2.40. The summed E-state index contributed by atoms with van der Waals surface area (Å²) in [6, 6.07) is 0.177. The number of hydrogen-bond acceptors (Lipinski definition) is 5. The van der Waals surface area contributed by atoms with Crippen LogP contribution in [-0.4, -0.2) is 45.2 Å². The molecular weight excluding hydrogens is 496 g/mol. The predicted molar refractivity (Wildman–Crippen MR) is 127 cm³/mol. The topological polar surface area (TPSA) is 66.7 Å². The maximum atomic E-state index is 13.2. The van der Waals surface area contributed by atoms with E-state index >= 15 is 0 Å². The Hall–Kier alpha value is -1.71. The molecule has 31 heavy (non-hydrogen) atoms. The second kappa shape index (κ2) is 8.01. The minimum atomic E-state index is 0.0308. The van der Waals surface area contributed by atoms with E-state index in [2.05, 4.69) is 26.2 Å². The molecule has 0 aromatic carbocycles. The highest BCUT2D eigenvalue weighted by molar-refractivity contribution is 9.11. The van der Waals surface area contributed by atoms with Crippen LogP contribution in [-0.2, 0) is 0 Å². The summed E-state index contributed by atoms with van der Waals surface area (Å²) in [6.45, 7) is 7.62. The SMILES string of the molecule is Cc1c(Br)sc(C(=O)NC2CCC3CN(C(=O)c4sc5nccn5c4C)CC3C2)c1C. The summed E-state index contributed by atoms with van der Waals surface area (Å²) in [5.74, 6) is 1.13. The van der Waals surface area contributed by atoms with Crippen LogP contribution in [0.1, 0.15) is 55.4 Å². The van der Waals surface area contributed by atoms with Gasteiger partial charge in [-0.2, -0.15) is 0 Å². The number of thiazole rings is 1. The first-order chi connectivity index (χ1) is 14.8. The molecule has 0 spiro atoms. The molecule has 4 heterocycles. The largest absolute Gasteiger partial charge is 0.349 e. The summed E-state index contributed by atoms with van der Waals surface area (Å²) < 4.78 is 3.01. The van der Waals surface area contributed by atoms with Crippen LogP contribution in [0, 0.1) is 32.6 Å². The van der Waals surface area contributed by atoms with Crippen LogP contribution in [0.2, 0.25) is 0 Å². The number of rotatable bonds is 3. The van der Waals surface area contributed by atoms with E-state index in [0.29, 0.717) is 11.8 Å². The van der Waals surface area contributed by atoms with Gasteiger partial charge in [-0.3, -0.25) is 14.0 Å². The molecule has 3 unspecified atom stereocenters. The quantitative estimate of drug-likeness (QED) is 0.538. The Bertz CT molecular complexity index is 1180. The highest BCUT2D eigenvalue weighted by atomic mass is 79.9. The fourth-order valence-corrected chi connectivity index (χ4v) is 7.77. The van der Waals surface area contributed by atoms with Gasteiger partial charge in [-0.05, 0) is 78.9 Å². The molecule has 1 N–H and O–H groups in total. The molecule has 6 nitrogen and oxygen atoms in total. The van der Waals surface area contributed by atoms with Crippen molar-refractivity contribution in [3.8, 4) is 0 Å². The molecule has 2 amide bonds. The molecule has 1 aliphatic heterocycles. The van der Waals surface area contributed by atoms with E-state index in [1.807, 2.05) is 36.3 Å². The molecule has 3 aromatic rings. The number of aromatic nitrogens is 2. The summed E-state index contributed by atoms with van der Waals surface area (Å²) in [5, 5.41) is 3.27. The van der Waals surface area contributed by atoms with Crippen molar-refractivity contribution >= 4 is 55.4 Å². The van der Waals surface area contributed by atoms with Gasteiger partial charge in [-0.25, -0.2) is 4.98 Å². The van der Waals surface area contributed by atoms with Gasteiger partial charge in [0.05, 0.1) is 8.66 Å². The zero-order chi connectivity index (χ0) is 21.9. The zero-order valence-electron chi connectivity index (χ0n) is 17.8. The van der Waals surface area contributed by atoms with E-state index in [9.17, 15) is 9.59 Å². The Morgan fingerprint density at radius 1 is 1.10 bits per heavy atom. The van der Waals surface area contributed by atoms with E-state index in [1.165, 1.54) is 22.7 Å². The lowest BCUT2D eigenvalue weighted by Gasteiger charge is -2.31. The molecule has 1 saturated carbocycles. The van der Waals surface area contributed by atoms with E-state index in [-0.39, 0.29) is 17.9 Å². The summed E-state index contributed by atoms with van der Waals surface area (Å²) in [5.41, 5.74) is 3.16. The van der Waals surface area contributed by atoms with Gasteiger partial charge in [0, 0.05) is 37.2 Å². The van der Waals surface area contributed by atoms with E-state index < -0.39 is 0 Å². The average molecular weight is 522 g/mol. The smallest absolute Gasteiger partial charge is 0.265 e. The Morgan fingerprint density at radius 2 is 1.87 bits per heavy atom. The number of carbonyl (C=O) groups excluding carboxylic acids is 2. The minimum Gasteiger partial charge on any atom is -0.349 e. The van der Waals surface area contributed by atoms with Crippen molar-refractivity contribution in [2.24, 2.45) is 11.8 Å². The standard InChI is InChI=1S/C22H25BrN4O2S2/c1-11-12(2)19(23)30-17(11)20(28)25-16-5-4-14-9-26(10-15(14)8-16)21(29)18-13(3)27-7-6-24-22(27)31-18/h6-7,14-16H,4-5,8-10H2,1-3H3,(H,25,28). The number of fused-ring (bicyclic) bond motifs is 2. The monoisotopic (exact) mass is 520 g/mol. The maximum absolute atomic E-state index is 13.2. The number of carbonyl (C=O) groups is 2. The van der Waals surface area contributed by atoms with E-state index in [1.54, 1.807) is 6.20 Å². The van der Waals surface area contributed by atoms with Gasteiger partial charge >= 0.3 is 0 Å². The summed E-state index contributed by atoms with van der Waals surface area (Å²) in [6.07, 6.45) is 6.65. The first-order valence-corrected chi connectivity index (χ1v) is 13.0. The number of nitrogens with one attached hydrogen (secondary N) is 1. The third kappa shape index (κ3) is 3.64. The lowest BCUT2D eigenvalue weighted by Crippen LogP contribution is -2.40. The van der Waals surface area contributed by atoms with Crippen molar-refractivity contribution in [1.82, 2.24) is 19.6 Å². The second-order valence-electron chi connectivity index (χ2n) is 8.77. The molecule has 2 fully saturated rings. The van der Waals surface area contributed by atoms with Crippen molar-refractivity contribution in [1.29, 1.82) is 0 Å². The van der Waals surface area contributed by atoms with Crippen molar-refractivity contribution in [3.05, 3.63) is 42.8 Å². The van der Waals surface area contributed by atoms with Crippen LogP contribution in [0.15, 0.2) is 16.2 Å². The van der Waals surface area contributed by atoms with Gasteiger partial charge in [0.1, 0.15) is 4.88 Å². The van der Waals surface area contributed by atoms with Crippen LogP contribution in [0.4, 0.5) is 0 Å². The fraction of sp³-hybridized carbons (Fsp3) is 0.500. The normalized spacial score (nSPS) is 23.4. The van der Waals surface area contributed by atoms with Crippen LogP contribution >= 0.6 is 38.6 Å². The molecule has 1 saturated heterocycles. The lowest BCUT2D eigenvalue weighted by atomic mass is 9.79. The van der Waals surface area contributed by atoms with Crippen molar-refractivity contribution in [2.75, 3.05) is 13.1 Å². The van der Waals surface area contributed by atoms with Crippen molar-refractivity contribution in [2.45, 2.75) is 46.1 Å². The molecule has 3 atom stereocenters. The summed E-state index contributed by atoms with van der Waals surface area (Å²) >= 11 is 6.53. The van der Waals surface area contributed by atoms with Crippen LogP contribution < -0.4 is 5.32 Å². The van der Waals surface area contributed by atoms with Gasteiger partial charge in [0.25, 0.3) is 11.8 Å². The zero-order valence-corrected chi connectivity index (χ0v) is 21.0. The number of likely N-dealkylation sites (tertiary alicyclic amines) is 1. The number of thiophene rings is 1. The number of amides is 2.